The zero-order valence-corrected chi connectivity index (χ0v) is 18.2. The normalized spacial score (nSPS) is 17.6. The van der Waals surface area contributed by atoms with Crippen LogP contribution >= 0.6 is 23.2 Å². The highest BCUT2D eigenvalue weighted by atomic mass is 35.5. The minimum Gasteiger partial charge on any atom is -0.443 e. The molecule has 0 saturated carbocycles. The van der Waals surface area contributed by atoms with E-state index in [1.54, 1.807) is 39.0 Å². The van der Waals surface area contributed by atoms with Crippen molar-refractivity contribution in [2.75, 3.05) is 13.1 Å². The fraction of sp³-hybridized carbons (Fsp3) is 0.364. The van der Waals surface area contributed by atoms with Gasteiger partial charge >= 0.3 is 6.09 Å². The van der Waals surface area contributed by atoms with Gasteiger partial charge in [-0.15, -0.1) is 0 Å². The van der Waals surface area contributed by atoms with Crippen molar-refractivity contribution in [2.24, 2.45) is 0 Å². The number of benzene rings is 2. The first-order chi connectivity index (χ1) is 13.7. The first-order valence-electron chi connectivity index (χ1n) is 9.44. The van der Waals surface area contributed by atoms with E-state index < -0.39 is 17.9 Å². The molecule has 2 aromatic carbocycles. The zero-order valence-electron chi connectivity index (χ0n) is 16.7. The second-order valence-corrected chi connectivity index (χ2v) is 8.77. The molecule has 1 saturated heterocycles. The second kappa shape index (κ2) is 8.74. The largest absolute Gasteiger partial charge is 0.443 e. The Morgan fingerprint density at radius 3 is 2.28 bits per heavy atom. The van der Waals surface area contributed by atoms with E-state index in [1.165, 1.54) is 0 Å². The molecule has 2 amide bonds. The standard InChI is InChI=1S/C22H24Cl2N2O3/c1-22(2,3)29-21(28)26-18(27)14-25(13-12-15-8-5-4-6-9-15)20(26)19-16(23)10-7-11-17(19)24/h4-11,20H,12-14H2,1-3H3/t20-/m0/s1. The van der Waals surface area contributed by atoms with Crippen LogP contribution in [-0.4, -0.2) is 40.5 Å². The van der Waals surface area contributed by atoms with E-state index in [0.29, 0.717) is 22.2 Å². The molecule has 1 aliphatic heterocycles. The Morgan fingerprint density at radius 2 is 1.69 bits per heavy atom. The van der Waals surface area contributed by atoms with Crippen LogP contribution in [0.4, 0.5) is 4.79 Å². The van der Waals surface area contributed by atoms with Crippen LogP contribution in [0.15, 0.2) is 48.5 Å². The molecule has 0 radical (unpaired) electrons. The molecule has 1 atom stereocenters. The van der Waals surface area contributed by atoms with Crippen LogP contribution in [0.1, 0.15) is 38.1 Å². The van der Waals surface area contributed by atoms with Gasteiger partial charge in [-0.3, -0.25) is 9.69 Å². The van der Waals surface area contributed by atoms with E-state index in [2.05, 4.69) is 0 Å². The van der Waals surface area contributed by atoms with Crippen molar-refractivity contribution in [1.29, 1.82) is 0 Å². The molecule has 29 heavy (non-hydrogen) atoms. The molecule has 5 nitrogen and oxygen atoms in total. The smallest absolute Gasteiger partial charge is 0.418 e. The van der Waals surface area contributed by atoms with E-state index in [1.807, 2.05) is 35.2 Å². The average molecular weight is 435 g/mol. The predicted molar refractivity (Wildman–Crippen MR) is 114 cm³/mol. The molecule has 1 fully saturated rings. The SMILES string of the molecule is CC(C)(C)OC(=O)N1C(=O)CN(CCc2ccccc2)[C@@H]1c1c(Cl)cccc1Cl. The van der Waals surface area contributed by atoms with Gasteiger partial charge in [-0.05, 0) is 44.9 Å². The zero-order chi connectivity index (χ0) is 21.2. The molecule has 0 N–H and O–H groups in total. The first kappa shape index (κ1) is 21.6. The summed E-state index contributed by atoms with van der Waals surface area (Å²) in [6, 6.07) is 15.1. The summed E-state index contributed by atoms with van der Waals surface area (Å²) in [7, 11) is 0. The molecule has 0 aliphatic carbocycles. The lowest BCUT2D eigenvalue weighted by Crippen LogP contribution is -2.41. The molecule has 3 rings (SSSR count). The van der Waals surface area contributed by atoms with Crippen molar-refractivity contribution in [2.45, 2.75) is 39.0 Å². The fourth-order valence-corrected chi connectivity index (χ4v) is 3.93. The van der Waals surface area contributed by atoms with Crippen molar-refractivity contribution in [3.63, 3.8) is 0 Å². The molecule has 2 aromatic rings. The topological polar surface area (TPSA) is 49.9 Å². The van der Waals surface area contributed by atoms with E-state index in [4.69, 9.17) is 27.9 Å². The van der Waals surface area contributed by atoms with Crippen LogP contribution in [0.3, 0.4) is 0 Å². The van der Waals surface area contributed by atoms with E-state index in [9.17, 15) is 9.59 Å². The van der Waals surface area contributed by atoms with Gasteiger partial charge in [-0.1, -0.05) is 59.6 Å². The number of carbonyl (C=O) groups is 2. The molecule has 1 aliphatic rings. The van der Waals surface area contributed by atoms with Crippen molar-refractivity contribution in [1.82, 2.24) is 9.80 Å². The molecule has 0 bridgehead atoms. The van der Waals surface area contributed by atoms with Gasteiger partial charge < -0.3 is 4.74 Å². The van der Waals surface area contributed by atoms with E-state index >= 15 is 0 Å². The summed E-state index contributed by atoms with van der Waals surface area (Å²) in [6.07, 6.45) is -0.706. The molecule has 0 aromatic heterocycles. The van der Waals surface area contributed by atoms with Crippen molar-refractivity contribution in [3.8, 4) is 0 Å². The summed E-state index contributed by atoms with van der Waals surface area (Å²) >= 11 is 12.9. The van der Waals surface area contributed by atoms with Crippen LogP contribution in [-0.2, 0) is 16.0 Å². The third-order valence-electron chi connectivity index (χ3n) is 4.58. The quantitative estimate of drug-likeness (QED) is 0.653. The van der Waals surface area contributed by atoms with Crippen LogP contribution in [0.2, 0.25) is 10.0 Å². The van der Waals surface area contributed by atoms with E-state index in [-0.39, 0.29) is 12.5 Å². The van der Waals surface area contributed by atoms with Crippen molar-refractivity contribution >= 4 is 35.2 Å². The average Bonchev–Trinajstić information content (AvgIpc) is 2.95. The molecular formula is C22H24Cl2N2O3. The van der Waals surface area contributed by atoms with Gasteiger partial charge in [0.1, 0.15) is 11.8 Å². The van der Waals surface area contributed by atoms with Gasteiger partial charge in [0, 0.05) is 22.2 Å². The Morgan fingerprint density at radius 1 is 1.07 bits per heavy atom. The number of ether oxygens (including phenoxy) is 1. The number of halogens is 2. The van der Waals surface area contributed by atoms with Gasteiger partial charge in [-0.25, -0.2) is 9.69 Å². The number of rotatable bonds is 4. The Labute approximate surface area is 181 Å². The summed E-state index contributed by atoms with van der Waals surface area (Å²) in [6.45, 7) is 5.92. The maximum Gasteiger partial charge on any atom is 0.418 e. The first-order valence-corrected chi connectivity index (χ1v) is 10.2. The minimum absolute atomic E-state index is 0.0816. The molecular weight excluding hydrogens is 411 g/mol. The van der Waals surface area contributed by atoms with Crippen LogP contribution in [0.25, 0.3) is 0 Å². The summed E-state index contributed by atoms with van der Waals surface area (Å²) in [5.41, 5.74) is 0.934. The lowest BCUT2D eigenvalue weighted by atomic mass is 10.1. The molecule has 0 spiro atoms. The maximum atomic E-state index is 12.9. The molecule has 154 valence electrons. The van der Waals surface area contributed by atoms with Crippen molar-refractivity contribution < 1.29 is 14.3 Å². The van der Waals surface area contributed by atoms with Crippen LogP contribution in [0, 0.1) is 0 Å². The summed E-state index contributed by atoms with van der Waals surface area (Å²) in [5, 5.41) is 0.797. The Bertz CT molecular complexity index is 876. The fourth-order valence-electron chi connectivity index (χ4n) is 3.34. The number of hydrogen-bond donors (Lipinski definition) is 0. The second-order valence-electron chi connectivity index (χ2n) is 7.96. The monoisotopic (exact) mass is 434 g/mol. The number of amides is 2. The Balaban J connectivity index is 1.95. The van der Waals surface area contributed by atoms with Gasteiger partial charge in [-0.2, -0.15) is 0 Å². The van der Waals surface area contributed by atoms with Gasteiger partial charge in [0.2, 0.25) is 5.91 Å². The van der Waals surface area contributed by atoms with E-state index in [0.717, 1.165) is 16.9 Å². The summed E-state index contributed by atoms with van der Waals surface area (Å²) in [4.78, 5) is 28.7. The number of hydrogen-bond acceptors (Lipinski definition) is 4. The highest BCUT2D eigenvalue weighted by molar-refractivity contribution is 6.36. The van der Waals surface area contributed by atoms with Crippen LogP contribution in [0.5, 0.6) is 0 Å². The van der Waals surface area contributed by atoms with Crippen LogP contribution < -0.4 is 0 Å². The Kier molecular flexibility index (Phi) is 6.52. The molecule has 7 heteroatoms. The molecule has 1 heterocycles. The number of nitrogens with zero attached hydrogens (tertiary/aromatic N) is 2. The van der Waals surface area contributed by atoms with Gasteiger partial charge in [0.25, 0.3) is 0 Å². The van der Waals surface area contributed by atoms with Gasteiger partial charge in [0.15, 0.2) is 0 Å². The third kappa shape index (κ3) is 5.10. The maximum absolute atomic E-state index is 12.9. The van der Waals surface area contributed by atoms with Gasteiger partial charge in [0.05, 0.1) is 6.54 Å². The summed E-state index contributed by atoms with van der Waals surface area (Å²) < 4.78 is 5.49. The number of carbonyl (C=O) groups excluding carboxylic acids is 2. The third-order valence-corrected chi connectivity index (χ3v) is 5.24. The highest BCUT2D eigenvalue weighted by Crippen LogP contribution is 2.39. The van der Waals surface area contributed by atoms with Crippen molar-refractivity contribution in [3.05, 3.63) is 69.7 Å². The Hall–Kier alpha value is -2.08. The minimum atomic E-state index is -0.732. The highest BCUT2D eigenvalue weighted by Gasteiger charge is 2.45. The molecule has 0 unspecified atom stereocenters. The number of imide groups is 1. The lowest BCUT2D eigenvalue weighted by Gasteiger charge is -2.31. The predicted octanol–water partition coefficient (Wildman–Crippen LogP) is 5.31. The lowest BCUT2D eigenvalue weighted by molar-refractivity contribution is -0.127. The summed E-state index contributed by atoms with van der Waals surface area (Å²) in [5.74, 6) is -0.340.